The highest BCUT2D eigenvalue weighted by atomic mass is 35.5. The lowest BCUT2D eigenvalue weighted by atomic mass is 10.3. The second kappa shape index (κ2) is 3.81. The van der Waals surface area contributed by atoms with Crippen LogP contribution in [0.5, 0.6) is 0 Å². The summed E-state index contributed by atoms with van der Waals surface area (Å²) in [6.45, 7) is 0.362. The number of anilines is 1. The Labute approximate surface area is 75.3 Å². The van der Waals surface area contributed by atoms with Gasteiger partial charge in [-0.25, -0.2) is 0 Å². The van der Waals surface area contributed by atoms with Crippen molar-refractivity contribution in [1.29, 1.82) is 0 Å². The van der Waals surface area contributed by atoms with E-state index in [1.165, 1.54) is 0 Å². The second-order valence-electron chi connectivity index (χ2n) is 2.01. The average Bonchev–Trinajstić information content (AvgIpc) is 1.95. The Morgan fingerprint density at radius 3 is 2.64 bits per heavy atom. The molecular weight excluding hydrogens is 183 g/mol. The third kappa shape index (κ3) is 2.26. The third-order valence-electron chi connectivity index (χ3n) is 1.22. The van der Waals surface area contributed by atoms with Crippen molar-refractivity contribution in [2.75, 3.05) is 12.0 Å². The molecule has 2 nitrogen and oxygen atoms in total. The van der Waals surface area contributed by atoms with Gasteiger partial charge < -0.3 is 11.1 Å². The van der Waals surface area contributed by atoms with Crippen LogP contribution in [0.25, 0.3) is 0 Å². The van der Waals surface area contributed by atoms with Gasteiger partial charge in [0.25, 0.3) is 0 Å². The number of hydrogen-bond acceptors (Lipinski definition) is 2. The molecule has 0 unspecified atom stereocenters. The predicted octanol–water partition coefficient (Wildman–Crippen LogP) is 2.32. The van der Waals surface area contributed by atoms with Crippen molar-refractivity contribution < 1.29 is 0 Å². The molecule has 1 aromatic rings. The topological polar surface area (TPSA) is 38.0 Å². The van der Waals surface area contributed by atoms with Gasteiger partial charge in [0.15, 0.2) is 0 Å². The minimum absolute atomic E-state index is 0.362. The Balaban J connectivity index is 2.90. The first kappa shape index (κ1) is 8.65. The van der Waals surface area contributed by atoms with Crippen LogP contribution in [0, 0.1) is 0 Å². The number of benzene rings is 1. The summed E-state index contributed by atoms with van der Waals surface area (Å²) in [5.41, 5.74) is 6.07. The van der Waals surface area contributed by atoms with Crippen molar-refractivity contribution in [3.63, 3.8) is 0 Å². The van der Waals surface area contributed by atoms with E-state index in [0.29, 0.717) is 16.7 Å². The van der Waals surface area contributed by atoms with Crippen LogP contribution in [0.3, 0.4) is 0 Å². The van der Waals surface area contributed by atoms with E-state index >= 15 is 0 Å². The molecule has 1 rings (SSSR count). The fourth-order valence-electron chi connectivity index (χ4n) is 0.743. The highest BCUT2D eigenvalue weighted by molar-refractivity contribution is 6.36. The molecule has 0 aliphatic heterocycles. The zero-order valence-corrected chi connectivity index (χ0v) is 7.28. The number of hydrogen-bond donors (Lipinski definition) is 2. The summed E-state index contributed by atoms with van der Waals surface area (Å²) in [6, 6.07) is 5.21. The normalized spacial score (nSPS) is 9.73. The smallest absolute Gasteiger partial charge is 0.0652 e. The second-order valence-corrected chi connectivity index (χ2v) is 2.85. The molecule has 1 aromatic carbocycles. The number of rotatable bonds is 2. The summed E-state index contributed by atoms with van der Waals surface area (Å²) in [7, 11) is 0. The molecule has 0 spiro atoms. The number of nitrogens with two attached hydrogens (primary N) is 1. The van der Waals surface area contributed by atoms with Crippen LogP contribution in [0.15, 0.2) is 18.2 Å². The first-order valence-corrected chi connectivity index (χ1v) is 3.88. The first-order chi connectivity index (χ1) is 5.24. The molecule has 0 radical (unpaired) electrons. The fourth-order valence-corrected chi connectivity index (χ4v) is 1.22. The van der Waals surface area contributed by atoms with Crippen LogP contribution >= 0.6 is 23.2 Å². The van der Waals surface area contributed by atoms with Crippen LogP contribution in [-0.4, -0.2) is 6.67 Å². The monoisotopic (exact) mass is 190 g/mol. The van der Waals surface area contributed by atoms with E-state index in [-0.39, 0.29) is 0 Å². The standard InChI is InChI=1S/C7H8Cl2N2/c8-5-1-2-7(11-4-10)6(9)3-5/h1-3,11H,4,10H2. The van der Waals surface area contributed by atoms with Crippen LogP contribution in [0.1, 0.15) is 0 Å². The highest BCUT2D eigenvalue weighted by Crippen LogP contribution is 2.24. The van der Waals surface area contributed by atoms with Crippen LogP contribution in [-0.2, 0) is 0 Å². The lowest BCUT2D eigenvalue weighted by molar-refractivity contribution is 1.14. The maximum atomic E-state index is 5.81. The molecule has 0 bridgehead atoms. The van der Waals surface area contributed by atoms with Crippen molar-refractivity contribution in [2.45, 2.75) is 0 Å². The predicted molar refractivity (Wildman–Crippen MR) is 49.1 cm³/mol. The van der Waals surface area contributed by atoms with Gasteiger partial charge in [-0.2, -0.15) is 0 Å². The van der Waals surface area contributed by atoms with Gasteiger partial charge in [0.05, 0.1) is 17.4 Å². The molecule has 11 heavy (non-hydrogen) atoms. The van der Waals surface area contributed by atoms with E-state index in [1.54, 1.807) is 18.2 Å². The summed E-state index contributed by atoms with van der Waals surface area (Å²) >= 11 is 11.5. The lowest BCUT2D eigenvalue weighted by Gasteiger charge is -2.04. The van der Waals surface area contributed by atoms with Crippen LogP contribution in [0.4, 0.5) is 5.69 Å². The maximum Gasteiger partial charge on any atom is 0.0652 e. The highest BCUT2D eigenvalue weighted by Gasteiger charge is 1.97. The van der Waals surface area contributed by atoms with Gasteiger partial charge in [0.2, 0.25) is 0 Å². The average molecular weight is 191 g/mol. The Kier molecular flexibility index (Phi) is 3.00. The van der Waals surface area contributed by atoms with Gasteiger partial charge in [0, 0.05) is 5.02 Å². The Bertz CT molecular complexity index is 250. The van der Waals surface area contributed by atoms with Gasteiger partial charge in [-0.15, -0.1) is 0 Å². The van der Waals surface area contributed by atoms with Crippen LogP contribution < -0.4 is 11.1 Å². The van der Waals surface area contributed by atoms with E-state index in [1.807, 2.05) is 0 Å². The van der Waals surface area contributed by atoms with Gasteiger partial charge in [-0.1, -0.05) is 23.2 Å². The van der Waals surface area contributed by atoms with Gasteiger partial charge in [-0.05, 0) is 18.2 Å². The molecule has 0 fully saturated rings. The van der Waals surface area contributed by atoms with E-state index in [2.05, 4.69) is 5.32 Å². The van der Waals surface area contributed by atoms with Gasteiger partial charge in [-0.3, -0.25) is 0 Å². The Morgan fingerprint density at radius 2 is 2.09 bits per heavy atom. The summed E-state index contributed by atoms with van der Waals surface area (Å²) in [5.74, 6) is 0. The van der Waals surface area contributed by atoms with E-state index in [9.17, 15) is 0 Å². The zero-order chi connectivity index (χ0) is 8.27. The molecule has 0 amide bonds. The first-order valence-electron chi connectivity index (χ1n) is 3.13. The molecule has 4 heteroatoms. The van der Waals surface area contributed by atoms with Gasteiger partial charge in [0.1, 0.15) is 0 Å². The van der Waals surface area contributed by atoms with Crippen molar-refractivity contribution in [3.05, 3.63) is 28.2 Å². The molecule has 0 aliphatic rings. The fraction of sp³-hybridized carbons (Fsp3) is 0.143. The quantitative estimate of drug-likeness (QED) is 0.704. The number of nitrogens with one attached hydrogen (secondary N) is 1. The maximum absolute atomic E-state index is 5.81. The largest absolute Gasteiger partial charge is 0.371 e. The van der Waals surface area contributed by atoms with Crippen molar-refractivity contribution in [1.82, 2.24) is 0 Å². The lowest BCUT2D eigenvalue weighted by Crippen LogP contribution is -2.10. The molecule has 0 aromatic heterocycles. The minimum atomic E-state index is 0.362. The number of halogens is 2. The van der Waals surface area contributed by atoms with E-state index in [0.717, 1.165) is 5.69 Å². The molecule has 60 valence electrons. The summed E-state index contributed by atoms with van der Waals surface area (Å²) < 4.78 is 0. The SMILES string of the molecule is NCNc1ccc(Cl)cc1Cl. The van der Waals surface area contributed by atoms with E-state index in [4.69, 9.17) is 28.9 Å². The third-order valence-corrected chi connectivity index (χ3v) is 1.77. The molecule has 0 heterocycles. The molecule has 0 saturated carbocycles. The molecular formula is C7H8Cl2N2. The molecule has 3 N–H and O–H groups in total. The molecule has 0 saturated heterocycles. The molecule has 0 aliphatic carbocycles. The van der Waals surface area contributed by atoms with Gasteiger partial charge >= 0.3 is 0 Å². The van der Waals surface area contributed by atoms with Crippen molar-refractivity contribution >= 4 is 28.9 Å². The summed E-state index contributed by atoms with van der Waals surface area (Å²) in [5, 5.41) is 4.10. The Hall–Kier alpha value is -0.440. The molecule has 0 atom stereocenters. The Morgan fingerprint density at radius 1 is 1.36 bits per heavy atom. The summed E-state index contributed by atoms with van der Waals surface area (Å²) in [6.07, 6.45) is 0. The van der Waals surface area contributed by atoms with Crippen molar-refractivity contribution in [2.24, 2.45) is 5.73 Å². The van der Waals surface area contributed by atoms with Crippen LogP contribution in [0.2, 0.25) is 10.0 Å². The minimum Gasteiger partial charge on any atom is -0.371 e. The van der Waals surface area contributed by atoms with Crippen molar-refractivity contribution in [3.8, 4) is 0 Å². The summed E-state index contributed by atoms with van der Waals surface area (Å²) in [4.78, 5) is 0. The van der Waals surface area contributed by atoms with E-state index < -0.39 is 0 Å². The zero-order valence-electron chi connectivity index (χ0n) is 5.77.